The van der Waals surface area contributed by atoms with Gasteiger partial charge in [-0.2, -0.15) is 18.2 Å². The lowest BCUT2D eigenvalue weighted by Crippen LogP contribution is -2.05. The summed E-state index contributed by atoms with van der Waals surface area (Å²) in [5.74, 6) is -0.712. The van der Waals surface area contributed by atoms with E-state index in [1.165, 1.54) is 13.2 Å². The van der Waals surface area contributed by atoms with Gasteiger partial charge in [0.1, 0.15) is 12.5 Å². The molecule has 0 unspecified atom stereocenters. The lowest BCUT2D eigenvalue weighted by Gasteiger charge is -2.09. The standard InChI is InChI=1S/C18H15F3N2O4/c1-25-10-26-9-11-2-4-12(5-3-11)16-22-17(27-23-16)13-6-7-15(24)14(8-13)18(19,20)21/h2-8,24H,9-10H2,1H3. The van der Waals surface area contributed by atoms with Crippen LogP contribution in [0.4, 0.5) is 13.2 Å². The van der Waals surface area contributed by atoms with Gasteiger partial charge >= 0.3 is 6.18 Å². The van der Waals surface area contributed by atoms with E-state index in [2.05, 4.69) is 10.1 Å². The van der Waals surface area contributed by atoms with Gasteiger partial charge in [-0.1, -0.05) is 29.4 Å². The number of nitrogens with zero attached hydrogens (tertiary/aromatic N) is 2. The molecule has 1 aromatic heterocycles. The first-order chi connectivity index (χ1) is 12.9. The molecule has 1 N–H and O–H groups in total. The number of aromatic hydroxyl groups is 1. The molecule has 0 radical (unpaired) electrons. The monoisotopic (exact) mass is 380 g/mol. The van der Waals surface area contributed by atoms with Crippen LogP contribution in [0.1, 0.15) is 11.1 Å². The van der Waals surface area contributed by atoms with Crippen LogP contribution in [-0.4, -0.2) is 29.1 Å². The summed E-state index contributed by atoms with van der Waals surface area (Å²) in [5.41, 5.74) is 0.437. The van der Waals surface area contributed by atoms with Crippen LogP contribution >= 0.6 is 0 Å². The maximum atomic E-state index is 12.9. The first kappa shape index (κ1) is 18.9. The van der Waals surface area contributed by atoms with E-state index in [9.17, 15) is 18.3 Å². The number of rotatable bonds is 6. The van der Waals surface area contributed by atoms with Crippen LogP contribution in [-0.2, 0) is 22.3 Å². The van der Waals surface area contributed by atoms with Gasteiger partial charge < -0.3 is 19.1 Å². The molecule has 3 aromatic rings. The second-order valence-corrected chi connectivity index (χ2v) is 5.60. The largest absolute Gasteiger partial charge is 0.507 e. The molecule has 0 bridgehead atoms. The Balaban J connectivity index is 1.81. The van der Waals surface area contributed by atoms with Crippen molar-refractivity contribution in [3.63, 3.8) is 0 Å². The summed E-state index contributed by atoms with van der Waals surface area (Å²) in [6.07, 6.45) is -4.69. The molecule has 0 spiro atoms. The molecule has 3 rings (SSSR count). The molecule has 0 fully saturated rings. The summed E-state index contributed by atoms with van der Waals surface area (Å²) in [6.45, 7) is 0.557. The highest BCUT2D eigenvalue weighted by Gasteiger charge is 2.34. The van der Waals surface area contributed by atoms with Crippen molar-refractivity contribution in [2.24, 2.45) is 0 Å². The van der Waals surface area contributed by atoms with Crippen molar-refractivity contribution >= 4 is 0 Å². The van der Waals surface area contributed by atoms with Crippen LogP contribution in [0.25, 0.3) is 22.8 Å². The van der Waals surface area contributed by atoms with E-state index in [4.69, 9.17) is 14.0 Å². The van der Waals surface area contributed by atoms with Crippen molar-refractivity contribution in [1.29, 1.82) is 0 Å². The summed E-state index contributed by atoms with van der Waals surface area (Å²) in [6, 6.07) is 10.1. The zero-order valence-electron chi connectivity index (χ0n) is 14.2. The van der Waals surface area contributed by atoms with E-state index in [1.807, 2.05) is 12.1 Å². The van der Waals surface area contributed by atoms with Gasteiger partial charge in [-0.25, -0.2) is 0 Å². The molecular weight excluding hydrogens is 365 g/mol. The Morgan fingerprint density at radius 2 is 1.78 bits per heavy atom. The lowest BCUT2D eigenvalue weighted by molar-refractivity contribution is -0.138. The SMILES string of the molecule is COCOCc1ccc(-c2noc(-c3ccc(O)c(C(F)(F)F)c3)n2)cc1. The fourth-order valence-electron chi connectivity index (χ4n) is 2.35. The van der Waals surface area contributed by atoms with Crippen LogP contribution in [0.15, 0.2) is 47.0 Å². The van der Waals surface area contributed by atoms with Gasteiger partial charge in [-0.05, 0) is 23.8 Å². The Hall–Kier alpha value is -2.91. The van der Waals surface area contributed by atoms with Crippen LogP contribution < -0.4 is 0 Å². The highest BCUT2D eigenvalue weighted by molar-refractivity contribution is 5.62. The number of methoxy groups -OCH3 is 1. The molecule has 6 nitrogen and oxygen atoms in total. The van der Waals surface area contributed by atoms with E-state index in [1.54, 1.807) is 12.1 Å². The fraction of sp³-hybridized carbons (Fsp3) is 0.222. The average Bonchev–Trinajstić information content (AvgIpc) is 3.12. The molecule has 2 aromatic carbocycles. The first-order valence-electron chi connectivity index (χ1n) is 7.79. The summed E-state index contributed by atoms with van der Waals surface area (Å²) in [7, 11) is 1.53. The Morgan fingerprint density at radius 3 is 2.44 bits per heavy atom. The minimum Gasteiger partial charge on any atom is -0.507 e. The molecule has 0 saturated heterocycles. The number of ether oxygens (including phenoxy) is 2. The summed E-state index contributed by atoms with van der Waals surface area (Å²) in [4.78, 5) is 4.13. The fourth-order valence-corrected chi connectivity index (χ4v) is 2.35. The molecule has 0 saturated carbocycles. The topological polar surface area (TPSA) is 77.6 Å². The summed E-state index contributed by atoms with van der Waals surface area (Å²) < 4.78 is 53.9. The molecule has 0 aliphatic heterocycles. The van der Waals surface area contributed by atoms with Gasteiger partial charge in [0.25, 0.3) is 5.89 Å². The van der Waals surface area contributed by atoms with E-state index >= 15 is 0 Å². The van der Waals surface area contributed by atoms with Crippen molar-refractivity contribution < 1.29 is 32.3 Å². The predicted molar refractivity (Wildman–Crippen MR) is 88.5 cm³/mol. The van der Waals surface area contributed by atoms with Crippen LogP contribution in [0.3, 0.4) is 0 Å². The van der Waals surface area contributed by atoms with Gasteiger partial charge in [0.05, 0.1) is 12.2 Å². The molecule has 142 valence electrons. The Morgan fingerprint density at radius 1 is 1.07 bits per heavy atom. The second kappa shape index (κ2) is 7.77. The van der Waals surface area contributed by atoms with Gasteiger partial charge in [0.2, 0.25) is 5.82 Å². The van der Waals surface area contributed by atoms with Gasteiger partial charge in [-0.15, -0.1) is 0 Å². The number of aromatic nitrogens is 2. The van der Waals surface area contributed by atoms with Gasteiger partial charge in [0.15, 0.2) is 0 Å². The molecule has 27 heavy (non-hydrogen) atoms. The van der Waals surface area contributed by atoms with E-state index in [0.29, 0.717) is 12.2 Å². The number of alkyl halides is 3. The van der Waals surface area contributed by atoms with Crippen molar-refractivity contribution in [3.05, 3.63) is 53.6 Å². The molecule has 0 aliphatic rings. The minimum absolute atomic E-state index is 0.0588. The normalized spacial score (nSPS) is 11.7. The number of phenolic OH excluding ortho intramolecular Hbond substituents is 1. The van der Waals surface area contributed by atoms with Crippen molar-refractivity contribution in [3.8, 4) is 28.6 Å². The van der Waals surface area contributed by atoms with E-state index in [0.717, 1.165) is 17.7 Å². The third-order valence-electron chi connectivity index (χ3n) is 3.66. The second-order valence-electron chi connectivity index (χ2n) is 5.60. The van der Waals surface area contributed by atoms with Gasteiger partial charge in [-0.3, -0.25) is 0 Å². The molecule has 9 heteroatoms. The highest BCUT2D eigenvalue weighted by atomic mass is 19.4. The van der Waals surface area contributed by atoms with Gasteiger partial charge in [0, 0.05) is 18.2 Å². The summed E-state index contributed by atoms with van der Waals surface area (Å²) >= 11 is 0. The minimum atomic E-state index is -4.69. The number of hydrogen-bond acceptors (Lipinski definition) is 6. The highest BCUT2D eigenvalue weighted by Crippen LogP contribution is 2.38. The van der Waals surface area contributed by atoms with E-state index in [-0.39, 0.29) is 24.1 Å². The van der Waals surface area contributed by atoms with Crippen molar-refractivity contribution in [1.82, 2.24) is 10.1 Å². The van der Waals surface area contributed by atoms with Crippen molar-refractivity contribution in [2.75, 3.05) is 13.9 Å². The average molecular weight is 380 g/mol. The molecular formula is C18H15F3N2O4. The third-order valence-corrected chi connectivity index (χ3v) is 3.66. The molecule has 0 aliphatic carbocycles. The third kappa shape index (κ3) is 4.44. The molecule has 0 atom stereocenters. The van der Waals surface area contributed by atoms with Crippen LogP contribution in [0, 0.1) is 0 Å². The maximum Gasteiger partial charge on any atom is 0.419 e. The van der Waals surface area contributed by atoms with E-state index < -0.39 is 17.5 Å². The Bertz CT molecular complexity index is 908. The predicted octanol–water partition coefficient (Wildman–Crippen LogP) is 4.25. The Kier molecular flexibility index (Phi) is 5.43. The first-order valence-corrected chi connectivity index (χ1v) is 7.79. The lowest BCUT2D eigenvalue weighted by atomic mass is 10.1. The number of hydrogen-bond donors (Lipinski definition) is 1. The Labute approximate surface area is 152 Å². The summed E-state index contributed by atoms with van der Waals surface area (Å²) in [5, 5.41) is 13.2. The maximum absolute atomic E-state index is 12.9. The molecule has 1 heterocycles. The van der Waals surface area contributed by atoms with Crippen LogP contribution in [0.5, 0.6) is 5.75 Å². The number of phenols is 1. The number of halogens is 3. The quantitative estimate of drug-likeness (QED) is 0.509. The smallest absolute Gasteiger partial charge is 0.419 e. The number of benzene rings is 2. The van der Waals surface area contributed by atoms with Crippen molar-refractivity contribution in [2.45, 2.75) is 12.8 Å². The zero-order chi connectivity index (χ0) is 19.4. The zero-order valence-corrected chi connectivity index (χ0v) is 14.2. The molecule has 0 amide bonds. The van der Waals surface area contributed by atoms with Crippen LogP contribution in [0.2, 0.25) is 0 Å².